The Morgan fingerprint density at radius 3 is 2.94 bits per heavy atom. The normalized spacial score (nSPS) is 15.4. The van der Waals surface area contributed by atoms with Crippen molar-refractivity contribution in [3.05, 3.63) is 11.9 Å². The second kappa shape index (κ2) is 4.07. The van der Waals surface area contributed by atoms with Gasteiger partial charge >= 0.3 is 0 Å². The van der Waals surface area contributed by atoms with Crippen LogP contribution in [0.3, 0.4) is 0 Å². The van der Waals surface area contributed by atoms with Crippen LogP contribution in [0.5, 0.6) is 0 Å². The van der Waals surface area contributed by atoms with Crippen molar-refractivity contribution in [1.29, 1.82) is 0 Å². The molecule has 7 heteroatoms. The van der Waals surface area contributed by atoms with E-state index in [1.54, 1.807) is 0 Å². The van der Waals surface area contributed by atoms with Gasteiger partial charge in [-0.05, 0) is 12.8 Å². The van der Waals surface area contributed by atoms with E-state index < -0.39 is 18.9 Å². The Hall–Kier alpha value is -1.66. The van der Waals surface area contributed by atoms with Crippen molar-refractivity contribution >= 4 is 11.6 Å². The molecule has 0 bridgehead atoms. The Balaban J connectivity index is 2.07. The zero-order valence-electron chi connectivity index (χ0n) is 8.49. The molecule has 0 aromatic carbocycles. The summed E-state index contributed by atoms with van der Waals surface area (Å²) in [4.78, 5) is 11.6. The molecule has 1 amide bonds. The molecule has 0 aliphatic heterocycles. The predicted octanol–water partition coefficient (Wildman–Crippen LogP) is 0.623. The molecule has 1 aromatic heterocycles. The van der Waals surface area contributed by atoms with E-state index in [1.165, 1.54) is 6.20 Å². The monoisotopic (exact) mass is 230 g/mol. The maximum absolute atomic E-state index is 12.1. The Kier molecular flexibility index (Phi) is 2.76. The van der Waals surface area contributed by atoms with Crippen molar-refractivity contribution in [2.45, 2.75) is 31.9 Å². The topological polar surface area (TPSA) is 72.9 Å². The largest absolute Gasteiger partial charge is 0.396 e. The Labute approximate surface area is 90.6 Å². The van der Waals surface area contributed by atoms with E-state index in [2.05, 4.69) is 10.4 Å². The summed E-state index contributed by atoms with van der Waals surface area (Å²) in [6, 6.07) is 0.187. The van der Waals surface area contributed by atoms with Crippen molar-refractivity contribution in [1.82, 2.24) is 15.1 Å². The van der Waals surface area contributed by atoms with Gasteiger partial charge in [0.05, 0.1) is 5.69 Å². The van der Waals surface area contributed by atoms with Crippen LogP contribution in [0.4, 0.5) is 14.5 Å². The molecule has 1 saturated carbocycles. The van der Waals surface area contributed by atoms with Crippen LogP contribution < -0.4 is 11.1 Å². The maximum atomic E-state index is 12.1. The number of nitrogens with one attached hydrogen (secondary N) is 1. The summed E-state index contributed by atoms with van der Waals surface area (Å²) in [5.41, 5.74) is 5.67. The lowest BCUT2D eigenvalue weighted by Crippen LogP contribution is -2.26. The summed E-state index contributed by atoms with van der Waals surface area (Å²) in [5, 5.41) is 6.43. The third-order valence-electron chi connectivity index (χ3n) is 2.24. The molecule has 0 unspecified atom stereocenters. The first-order valence-corrected chi connectivity index (χ1v) is 4.98. The van der Waals surface area contributed by atoms with E-state index in [0.29, 0.717) is 0 Å². The van der Waals surface area contributed by atoms with E-state index in [9.17, 15) is 13.6 Å². The molecule has 1 aliphatic carbocycles. The van der Waals surface area contributed by atoms with Crippen LogP contribution in [-0.2, 0) is 6.54 Å². The van der Waals surface area contributed by atoms with Crippen LogP contribution in [0, 0.1) is 0 Å². The fourth-order valence-corrected chi connectivity index (χ4v) is 1.33. The Bertz CT molecular complexity index is 400. The standard InChI is InChI=1S/C9H12F2N4O/c10-7(11)4-15-3-6(12)8(14-15)9(16)13-5-1-2-5/h3,5,7H,1-2,4,12H2,(H,13,16). The highest BCUT2D eigenvalue weighted by atomic mass is 19.3. The van der Waals surface area contributed by atoms with Gasteiger partial charge in [0, 0.05) is 12.2 Å². The Morgan fingerprint density at radius 2 is 2.38 bits per heavy atom. The first-order valence-electron chi connectivity index (χ1n) is 4.98. The van der Waals surface area contributed by atoms with Crippen LogP contribution in [0.25, 0.3) is 0 Å². The molecule has 0 saturated heterocycles. The van der Waals surface area contributed by atoms with Gasteiger partial charge in [0.15, 0.2) is 5.69 Å². The number of hydrogen-bond donors (Lipinski definition) is 2. The summed E-state index contributed by atoms with van der Waals surface area (Å²) >= 11 is 0. The molecular formula is C9H12F2N4O. The molecule has 1 fully saturated rings. The number of amides is 1. The molecule has 0 spiro atoms. The lowest BCUT2D eigenvalue weighted by atomic mass is 10.3. The highest BCUT2D eigenvalue weighted by molar-refractivity contribution is 5.97. The van der Waals surface area contributed by atoms with Gasteiger partial charge in [-0.2, -0.15) is 5.10 Å². The van der Waals surface area contributed by atoms with Gasteiger partial charge in [-0.1, -0.05) is 0 Å². The van der Waals surface area contributed by atoms with E-state index in [-0.39, 0.29) is 17.4 Å². The van der Waals surface area contributed by atoms with E-state index in [0.717, 1.165) is 17.5 Å². The summed E-state index contributed by atoms with van der Waals surface area (Å²) in [6.45, 7) is -0.555. The van der Waals surface area contributed by atoms with Crippen LogP contribution >= 0.6 is 0 Å². The second-order valence-electron chi connectivity index (χ2n) is 3.79. The molecule has 3 N–H and O–H groups in total. The fourth-order valence-electron chi connectivity index (χ4n) is 1.33. The quantitative estimate of drug-likeness (QED) is 0.796. The van der Waals surface area contributed by atoms with E-state index in [1.807, 2.05) is 0 Å². The molecule has 1 aliphatic rings. The zero-order valence-corrected chi connectivity index (χ0v) is 8.49. The van der Waals surface area contributed by atoms with Gasteiger partial charge in [0.2, 0.25) is 0 Å². The zero-order chi connectivity index (χ0) is 11.7. The number of hydrogen-bond acceptors (Lipinski definition) is 3. The van der Waals surface area contributed by atoms with Gasteiger partial charge in [-0.15, -0.1) is 0 Å². The molecule has 88 valence electrons. The Morgan fingerprint density at radius 1 is 1.69 bits per heavy atom. The molecule has 5 nitrogen and oxygen atoms in total. The smallest absolute Gasteiger partial charge is 0.274 e. The van der Waals surface area contributed by atoms with Crippen molar-refractivity contribution in [3.63, 3.8) is 0 Å². The maximum Gasteiger partial charge on any atom is 0.274 e. The minimum absolute atomic E-state index is 0.0209. The second-order valence-corrected chi connectivity index (χ2v) is 3.79. The molecular weight excluding hydrogens is 218 g/mol. The lowest BCUT2D eigenvalue weighted by molar-refractivity contribution is 0.0941. The number of carbonyl (C=O) groups is 1. The van der Waals surface area contributed by atoms with Crippen molar-refractivity contribution in [3.8, 4) is 0 Å². The van der Waals surface area contributed by atoms with Crippen molar-refractivity contribution < 1.29 is 13.6 Å². The minimum Gasteiger partial charge on any atom is -0.396 e. The van der Waals surface area contributed by atoms with Crippen LogP contribution in [0.1, 0.15) is 23.3 Å². The van der Waals surface area contributed by atoms with Gasteiger partial charge in [0.25, 0.3) is 12.3 Å². The minimum atomic E-state index is -2.52. The number of nitrogens with two attached hydrogens (primary N) is 1. The fraction of sp³-hybridized carbons (Fsp3) is 0.556. The third kappa shape index (κ3) is 2.47. The SMILES string of the molecule is Nc1cn(CC(F)F)nc1C(=O)NC1CC1. The number of halogens is 2. The molecule has 0 atom stereocenters. The van der Waals surface area contributed by atoms with Crippen LogP contribution in [0.2, 0.25) is 0 Å². The number of aromatic nitrogens is 2. The van der Waals surface area contributed by atoms with Crippen molar-refractivity contribution in [2.24, 2.45) is 0 Å². The van der Waals surface area contributed by atoms with Gasteiger partial charge < -0.3 is 11.1 Å². The number of anilines is 1. The van der Waals surface area contributed by atoms with Gasteiger partial charge in [-0.3, -0.25) is 9.48 Å². The van der Waals surface area contributed by atoms with Crippen molar-refractivity contribution in [2.75, 3.05) is 5.73 Å². The predicted molar refractivity (Wildman–Crippen MR) is 53.1 cm³/mol. The molecule has 0 radical (unpaired) electrons. The van der Waals surface area contributed by atoms with Gasteiger partial charge in [-0.25, -0.2) is 8.78 Å². The molecule has 1 heterocycles. The first-order chi connectivity index (χ1) is 7.56. The van der Waals surface area contributed by atoms with E-state index in [4.69, 9.17) is 5.73 Å². The number of alkyl halides is 2. The number of nitrogens with zero attached hydrogens (tertiary/aromatic N) is 2. The first kappa shape index (κ1) is 10.8. The van der Waals surface area contributed by atoms with Crippen LogP contribution in [-0.4, -0.2) is 28.2 Å². The van der Waals surface area contributed by atoms with E-state index >= 15 is 0 Å². The number of nitrogen functional groups attached to an aromatic ring is 1. The highest BCUT2D eigenvalue weighted by Gasteiger charge is 2.26. The van der Waals surface area contributed by atoms with Crippen LogP contribution in [0.15, 0.2) is 6.20 Å². The summed E-state index contributed by atoms with van der Waals surface area (Å²) < 4.78 is 25.1. The summed E-state index contributed by atoms with van der Waals surface area (Å²) in [7, 11) is 0. The lowest BCUT2D eigenvalue weighted by Gasteiger charge is -2.00. The highest BCUT2D eigenvalue weighted by Crippen LogP contribution is 2.20. The number of rotatable bonds is 4. The average molecular weight is 230 g/mol. The van der Waals surface area contributed by atoms with Gasteiger partial charge in [0.1, 0.15) is 6.54 Å². The average Bonchev–Trinajstić information content (AvgIpc) is 2.89. The molecule has 1 aromatic rings. The number of carbonyl (C=O) groups excluding carboxylic acids is 1. The molecule has 2 rings (SSSR count). The molecule has 16 heavy (non-hydrogen) atoms. The summed E-state index contributed by atoms with van der Waals surface area (Å²) in [6.07, 6.45) is 0.624. The third-order valence-corrected chi connectivity index (χ3v) is 2.24. The summed E-state index contributed by atoms with van der Waals surface area (Å²) in [5.74, 6) is -0.395.